The normalized spacial score (nSPS) is 16.3. The summed E-state index contributed by atoms with van der Waals surface area (Å²) in [5.41, 5.74) is 2.30. The minimum atomic E-state index is 0.542. The van der Waals surface area contributed by atoms with Crippen molar-refractivity contribution in [1.29, 1.82) is 0 Å². The molecule has 2 aromatic heterocycles. The lowest BCUT2D eigenvalue weighted by Crippen LogP contribution is -2.42. The zero-order chi connectivity index (χ0) is 16.9. The van der Waals surface area contributed by atoms with E-state index in [-0.39, 0.29) is 0 Å². The van der Waals surface area contributed by atoms with Gasteiger partial charge in [0.15, 0.2) is 0 Å². The third-order valence-electron chi connectivity index (χ3n) is 4.82. The Morgan fingerprint density at radius 1 is 1.04 bits per heavy atom. The SMILES string of the molecule is c1ccc(CN2CCC(NCc3ncc4ccncc4n3)CC2)cc1. The highest BCUT2D eigenvalue weighted by molar-refractivity contribution is 5.75. The van der Waals surface area contributed by atoms with E-state index in [1.54, 1.807) is 12.4 Å². The Hall–Kier alpha value is -2.37. The summed E-state index contributed by atoms with van der Waals surface area (Å²) in [4.78, 5) is 15.7. The van der Waals surface area contributed by atoms with Crippen molar-refractivity contribution in [3.05, 3.63) is 66.4 Å². The second kappa shape index (κ2) is 7.68. The summed E-state index contributed by atoms with van der Waals surface area (Å²) in [6.07, 6.45) is 7.78. The first-order valence-electron chi connectivity index (χ1n) is 8.92. The van der Waals surface area contributed by atoms with Gasteiger partial charge in [0, 0.05) is 30.4 Å². The van der Waals surface area contributed by atoms with Crippen LogP contribution in [0.25, 0.3) is 10.9 Å². The van der Waals surface area contributed by atoms with Gasteiger partial charge in [-0.05, 0) is 37.6 Å². The minimum absolute atomic E-state index is 0.542. The average molecular weight is 333 g/mol. The van der Waals surface area contributed by atoms with Crippen molar-refractivity contribution < 1.29 is 0 Å². The predicted octanol–water partition coefficient (Wildman–Crippen LogP) is 2.78. The van der Waals surface area contributed by atoms with E-state index in [1.807, 2.05) is 12.3 Å². The van der Waals surface area contributed by atoms with E-state index in [9.17, 15) is 0 Å². The van der Waals surface area contributed by atoms with Crippen LogP contribution in [0.3, 0.4) is 0 Å². The molecule has 0 unspecified atom stereocenters. The molecule has 0 amide bonds. The Kier molecular flexibility index (Phi) is 4.95. The summed E-state index contributed by atoms with van der Waals surface area (Å²) in [6, 6.07) is 13.2. The van der Waals surface area contributed by atoms with Crippen molar-refractivity contribution in [3.8, 4) is 0 Å². The first-order valence-corrected chi connectivity index (χ1v) is 8.92. The van der Waals surface area contributed by atoms with Gasteiger partial charge in [-0.15, -0.1) is 0 Å². The number of nitrogens with one attached hydrogen (secondary N) is 1. The number of nitrogens with zero attached hydrogens (tertiary/aromatic N) is 4. The van der Waals surface area contributed by atoms with Crippen LogP contribution in [0.1, 0.15) is 24.2 Å². The molecule has 0 bridgehead atoms. The third-order valence-corrected chi connectivity index (χ3v) is 4.82. The van der Waals surface area contributed by atoms with Crippen LogP contribution < -0.4 is 5.32 Å². The van der Waals surface area contributed by atoms with Gasteiger partial charge in [-0.2, -0.15) is 0 Å². The molecule has 4 rings (SSSR count). The van der Waals surface area contributed by atoms with Crippen LogP contribution in [0.4, 0.5) is 0 Å². The second-order valence-electron chi connectivity index (χ2n) is 6.64. The number of benzene rings is 1. The first kappa shape index (κ1) is 16.1. The van der Waals surface area contributed by atoms with Crippen LogP contribution in [0.2, 0.25) is 0 Å². The molecule has 5 heteroatoms. The monoisotopic (exact) mass is 333 g/mol. The molecule has 1 fully saturated rings. The minimum Gasteiger partial charge on any atom is -0.307 e. The molecule has 0 radical (unpaired) electrons. The molecule has 0 aliphatic carbocycles. The summed E-state index contributed by atoms with van der Waals surface area (Å²) in [7, 11) is 0. The molecule has 1 saturated heterocycles. The quantitative estimate of drug-likeness (QED) is 0.778. The summed E-state index contributed by atoms with van der Waals surface area (Å²) >= 11 is 0. The van der Waals surface area contributed by atoms with Crippen LogP contribution in [0.15, 0.2) is 55.0 Å². The largest absolute Gasteiger partial charge is 0.307 e. The van der Waals surface area contributed by atoms with E-state index in [4.69, 9.17) is 0 Å². The molecular weight excluding hydrogens is 310 g/mol. The lowest BCUT2D eigenvalue weighted by atomic mass is 10.0. The second-order valence-corrected chi connectivity index (χ2v) is 6.64. The molecule has 1 aromatic carbocycles. The topological polar surface area (TPSA) is 53.9 Å². The highest BCUT2D eigenvalue weighted by Crippen LogP contribution is 2.14. The van der Waals surface area contributed by atoms with E-state index in [1.165, 1.54) is 18.4 Å². The predicted molar refractivity (Wildman–Crippen MR) is 98.9 cm³/mol. The standard InChI is InChI=1S/C20H23N5/c1-2-4-16(5-3-1)15-25-10-7-18(8-11-25)22-14-20-23-12-17-6-9-21-13-19(17)24-20/h1-6,9,12-13,18,22H,7-8,10-11,14-15H2. The molecule has 0 spiro atoms. The Labute approximate surface area is 148 Å². The molecule has 1 aliphatic rings. The molecule has 3 heterocycles. The molecule has 0 saturated carbocycles. The molecule has 25 heavy (non-hydrogen) atoms. The van der Waals surface area contributed by atoms with Crippen LogP contribution in [-0.4, -0.2) is 39.0 Å². The molecule has 0 atom stereocenters. The van der Waals surface area contributed by atoms with Gasteiger partial charge < -0.3 is 5.32 Å². The van der Waals surface area contributed by atoms with E-state index >= 15 is 0 Å². The van der Waals surface area contributed by atoms with Gasteiger partial charge in [0.05, 0.1) is 18.3 Å². The lowest BCUT2D eigenvalue weighted by molar-refractivity contribution is 0.189. The fourth-order valence-electron chi connectivity index (χ4n) is 3.37. The smallest absolute Gasteiger partial charge is 0.142 e. The number of fused-ring (bicyclic) bond motifs is 1. The van der Waals surface area contributed by atoms with Gasteiger partial charge in [0.1, 0.15) is 5.82 Å². The highest BCUT2D eigenvalue weighted by Gasteiger charge is 2.19. The van der Waals surface area contributed by atoms with Crippen molar-refractivity contribution in [2.24, 2.45) is 0 Å². The lowest BCUT2D eigenvalue weighted by Gasteiger charge is -2.32. The molecule has 5 nitrogen and oxygen atoms in total. The van der Waals surface area contributed by atoms with Gasteiger partial charge in [0.25, 0.3) is 0 Å². The van der Waals surface area contributed by atoms with Crippen LogP contribution in [-0.2, 0) is 13.1 Å². The summed E-state index contributed by atoms with van der Waals surface area (Å²) in [5.74, 6) is 0.840. The van der Waals surface area contributed by atoms with Gasteiger partial charge in [-0.1, -0.05) is 30.3 Å². The molecular formula is C20H23N5. The van der Waals surface area contributed by atoms with E-state index in [0.717, 1.165) is 36.4 Å². The fourth-order valence-corrected chi connectivity index (χ4v) is 3.37. The van der Waals surface area contributed by atoms with Gasteiger partial charge in [0.2, 0.25) is 0 Å². The number of likely N-dealkylation sites (tertiary alicyclic amines) is 1. The Morgan fingerprint density at radius 3 is 2.72 bits per heavy atom. The van der Waals surface area contributed by atoms with E-state index in [0.29, 0.717) is 12.6 Å². The van der Waals surface area contributed by atoms with Crippen LogP contribution in [0, 0.1) is 0 Å². The molecule has 3 aromatic rings. The maximum absolute atomic E-state index is 4.58. The van der Waals surface area contributed by atoms with Crippen molar-refractivity contribution in [1.82, 2.24) is 25.2 Å². The van der Waals surface area contributed by atoms with Gasteiger partial charge in [-0.25, -0.2) is 9.97 Å². The Bertz CT molecular complexity index is 812. The summed E-state index contributed by atoms with van der Waals surface area (Å²) in [5, 5.41) is 4.65. The Morgan fingerprint density at radius 2 is 1.88 bits per heavy atom. The van der Waals surface area contributed by atoms with Crippen molar-refractivity contribution in [2.45, 2.75) is 32.0 Å². The molecule has 1 aliphatic heterocycles. The third kappa shape index (κ3) is 4.18. The zero-order valence-electron chi connectivity index (χ0n) is 14.3. The van der Waals surface area contributed by atoms with E-state index in [2.05, 4.69) is 55.5 Å². The zero-order valence-corrected chi connectivity index (χ0v) is 14.3. The molecule has 128 valence electrons. The van der Waals surface area contributed by atoms with Gasteiger partial charge >= 0.3 is 0 Å². The maximum Gasteiger partial charge on any atom is 0.142 e. The average Bonchev–Trinajstić information content (AvgIpc) is 2.68. The van der Waals surface area contributed by atoms with Crippen LogP contribution in [0.5, 0.6) is 0 Å². The number of piperidine rings is 1. The Balaban J connectivity index is 1.27. The molecule has 1 N–H and O–H groups in total. The summed E-state index contributed by atoms with van der Waals surface area (Å²) < 4.78 is 0. The number of hydrogen-bond donors (Lipinski definition) is 1. The maximum atomic E-state index is 4.58. The first-order chi connectivity index (χ1) is 12.4. The number of rotatable bonds is 5. The van der Waals surface area contributed by atoms with Crippen LogP contribution >= 0.6 is 0 Å². The van der Waals surface area contributed by atoms with Crippen molar-refractivity contribution in [3.63, 3.8) is 0 Å². The summed E-state index contributed by atoms with van der Waals surface area (Å²) in [6.45, 7) is 4.03. The van der Waals surface area contributed by atoms with E-state index < -0.39 is 0 Å². The number of pyridine rings is 1. The van der Waals surface area contributed by atoms with Crippen molar-refractivity contribution in [2.75, 3.05) is 13.1 Å². The van der Waals surface area contributed by atoms with Crippen molar-refractivity contribution >= 4 is 10.9 Å². The van der Waals surface area contributed by atoms with Gasteiger partial charge in [-0.3, -0.25) is 9.88 Å². The number of hydrogen-bond acceptors (Lipinski definition) is 5. The highest BCUT2D eigenvalue weighted by atomic mass is 15.1. The fraction of sp³-hybridized carbons (Fsp3) is 0.350. The number of aromatic nitrogens is 3.